The van der Waals surface area contributed by atoms with Crippen LogP contribution in [0.1, 0.15) is 65.2 Å². The monoisotopic (exact) mass is 228 g/mol. The van der Waals surface area contributed by atoms with Gasteiger partial charge in [0.15, 0.2) is 0 Å². The molecule has 0 aliphatic carbocycles. The third-order valence-corrected chi connectivity index (χ3v) is 5.15. The van der Waals surface area contributed by atoms with Gasteiger partial charge in [0.05, 0.1) is 0 Å². The van der Waals surface area contributed by atoms with E-state index < -0.39 is 0 Å². The Balaban J connectivity index is 3.34. The van der Waals surface area contributed by atoms with Crippen molar-refractivity contribution in [3.8, 4) is 0 Å². The summed E-state index contributed by atoms with van der Waals surface area (Å²) in [6.07, 6.45) is 14.1. The van der Waals surface area contributed by atoms with Gasteiger partial charge in [0.2, 0.25) is 0 Å². The Labute approximate surface area is 98.3 Å². The van der Waals surface area contributed by atoms with Gasteiger partial charge < -0.3 is 0 Å². The molecule has 0 aliphatic heterocycles. The zero-order chi connectivity index (χ0) is 11.4. The highest BCUT2D eigenvalue weighted by atomic mass is 31.1. The Bertz CT molecular complexity index is 119. The molecule has 0 amide bonds. The third-order valence-electron chi connectivity index (χ3n) is 2.86. The minimum Gasteiger partial charge on any atom is -0.0986 e. The zero-order valence-electron chi connectivity index (χ0n) is 10.8. The maximum absolute atomic E-state index is 3.99. The molecule has 0 atom stereocenters. The molecule has 0 unspecified atom stereocenters. The molecule has 90 valence electrons. The zero-order valence-corrected chi connectivity index (χ0v) is 11.7. The van der Waals surface area contributed by atoms with Crippen LogP contribution in [0.3, 0.4) is 0 Å². The molecule has 0 aromatic heterocycles. The molecule has 0 nitrogen and oxygen atoms in total. The smallest absolute Gasteiger partial charge is 0.0291 e. The van der Waals surface area contributed by atoms with Crippen LogP contribution in [0.4, 0.5) is 0 Å². The second-order valence-corrected chi connectivity index (χ2v) is 6.78. The van der Waals surface area contributed by atoms with E-state index in [1.165, 1.54) is 63.7 Å². The predicted octanol–water partition coefficient (Wildman–Crippen LogP) is 5.77. The average Bonchev–Trinajstić information content (AvgIpc) is 2.27. The highest BCUT2D eigenvalue weighted by molar-refractivity contribution is 7.60. The number of unbranched alkanes of at least 4 members (excludes halogenated alkanes) is 6. The molecule has 0 rings (SSSR count). The first-order valence-corrected chi connectivity index (χ1v) is 8.49. The molecular formula is C14H29P. The maximum Gasteiger partial charge on any atom is -0.0291 e. The Kier molecular flexibility index (Phi) is 12.4. The van der Waals surface area contributed by atoms with E-state index in [-0.39, 0.29) is 7.92 Å². The molecule has 15 heavy (non-hydrogen) atoms. The molecule has 0 saturated heterocycles. The standard InChI is InChI=1S/C14H29P/c1-4-7-9-11-13-15(6-3)14-12-10-8-5-2/h6H,3-5,7-14H2,1-2H3. The van der Waals surface area contributed by atoms with Crippen LogP contribution in [0, 0.1) is 0 Å². The van der Waals surface area contributed by atoms with Gasteiger partial charge in [0, 0.05) is 0 Å². The lowest BCUT2D eigenvalue weighted by Crippen LogP contribution is -1.89. The van der Waals surface area contributed by atoms with E-state index in [1.807, 2.05) is 0 Å². The van der Waals surface area contributed by atoms with Gasteiger partial charge in [-0.3, -0.25) is 0 Å². The van der Waals surface area contributed by atoms with Crippen molar-refractivity contribution in [2.75, 3.05) is 12.3 Å². The molecule has 0 aliphatic rings. The van der Waals surface area contributed by atoms with Gasteiger partial charge in [-0.2, -0.15) is 0 Å². The number of hydrogen-bond acceptors (Lipinski definition) is 0. The van der Waals surface area contributed by atoms with Crippen molar-refractivity contribution < 1.29 is 0 Å². The fourth-order valence-corrected chi connectivity index (χ4v) is 3.63. The summed E-state index contributed by atoms with van der Waals surface area (Å²) in [7, 11) is 0.172. The number of hydrogen-bond donors (Lipinski definition) is 0. The molecule has 0 heterocycles. The van der Waals surface area contributed by atoms with Crippen LogP contribution in [0.2, 0.25) is 0 Å². The second kappa shape index (κ2) is 12.2. The minimum absolute atomic E-state index is 0.172. The normalized spacial score (nSPS) is 10.9. The molecule has 0 bridgehead atoms. The molecule has 0 saturated carbocycles. The van der Waals surface area contributed by atoms with E-state index in [9.17, 15) is 0 Å². The summed E-state index contributed by atoms with van der Waals surface area (Å²) in [5.41, 5.74) is 0. The summed E-state index contributed by atoms with van der Waals surface area (Å²) >= 11 is 0. The van der Waals surface area contributed by atoms with Gasteiger partial charge >= 0.3 is 0 Å². The van der Waals surface area contributed by atoms with Gasteiger partial charge in [-0.15, -0.1) is 0 Å². The molecular weight excluding hydrogens is 199 g/mol. The van der Waals surface area contributed by atoms with Crippen LogP contribution in [-0.2, 0) is 0 Å². The lowest BCUT2D eigenvalue weighted by Gasteiger charge is -2.12. The van der Waals surface area contributed by atoms with E-state index >= 15 is 0 Å². The summed E-state index contributed by atoms with van der Waals surface area (Å²) in [6, 6.07) is 0. The van der Waals surface area contributed by atoms with E-state index in [4.69, 9.17) is 0 Å². The van der Waals surface area contributed by atoms with Crippen molar-refractivity contribution in [1.82, 2.24) is 0 Å². The lowest BCUT2D eigenvalue weighted by molar-refractivity contribution is 0.697. The predicted molar refractivity (Wildman–Crippen MR) is 75.1 cm³/mol. The van der Waals surface area contributed by atoms with Gasteiger partial charge in [0.25, 0.3) is 0 Å². The first kappa shape index (κ1) is 15.2. The number of rotatable bonds is 11. The van der Waals surface area contributed by atoms with E-state index in [1.54, 1.807) is 0 Å². The van der Waals surface area contributed by atoms with Gasteiger partial charge in [-0.05, 0) is 25.2 Å². The van der Waals surface area contributed by atoms with Crippen molar-refractivity contribution in [2.24, 2.45) is 0 Å². The first-order valence-electron chi connectivity index (χ1n) is 6.71. The first-order chi connectivity index (χ1) is 7.35. The Morgan fingerprint density at radius 1 is 0.800 bits per heavy atom. The fourth-order valence-electron chi connectivity index (χ4n) is 1.78. The van der Waals surface area contributed by atoms with Crippen molar-refractivity contribution in [2.45, 2.75) is 65.2 Å². The van der Waals surface area contributed by atoms with E-state index in [2.05, 4.69) is 26.2 Å². The van der Waals surface area contributed by atoms with Crippen LogP contribution in [0.15, 0.2) is 12.4 Å². The molecule has 0 fully saturated rings. The van der Waals surface area contributed by atoms with Crippen LogP contribution in [0.5, 0.6) is 0 Å². The summed E-state index contributed by atoms with van der Waals surface area (Å²) in [6.45, 7) is 8.55. The molecule has 0 spiro atoms. The van der Waals surface area contributed by atoms with Crippen molar-refractivity contribution >= 4 is 7.92 Å². The summed E-state index contributed by atoms with van der Waals surface area (Å²) in [5.74, 6) is 2.24. The van der Waals surface area contributed by atoms with Crippen molar-refractivity contribution in [3.63, 3.8) is 0 Å². The van der Waals surface area contributed by atoms with Crippen molar-refractivity contribution in [1.29, 1.82) is 0 Å². The van der Waals surface area contributed by atoms with Crippen LogP contribution in [-0.4, -0.2) is 12.3 Å². The molecule has 0 N–H and O–H groups in total. The van der Waals surface area contributed by atoms with Crippen molar-refractivity contribution in [3.05, 3.63) is 12.4 Å². The highest BCUT2D eigenvalue weighted by Gasteiger charge is 2.02. The third kappa shape index (κ3) is 10.5. The summed E-state index contributed by atoms with van der Waals surface area (Å²) < 4.78 is 0. The van der Waals surface area contributed by atoms with Gasteiger partial charge in [0.1, 0.15) is 0 Å². The van der Waals surface area contributed by atoms with Crippen LogP contribution in [0.25, 0.3) is 0 Å². The SMILES string of the molecule is C=CP(CCCCCC)CCCCCC. The summed E-state index contributed by atoms with van der Waals surface area (Å²) in [5, 5.41) is 0. The Morgan fingerprint density at radius 3 is 1.60 bits per heavy atom. The largest absolute Gasteiger partial charge is 0.0986 e. The molecule has 1 heteroatoms. The summed E-state index contributed by atoms with van der Waals surface area (Å²) in [4.78, 5) is 0. The Hall–Kier alpha value is 0.170. The van der Waals surface area contributed by atoms with E-state index in [0.717, 1.165) is 0 Å². The lowest BCUT2D eigenvalue weighted by atomic mass is 10.2. The van der Waals surface area contributed by atoms with Crippen LogP contribution >= 0.6 is 7.92 Å². The molecule has 0 aromatic rings. The molecule has 0 radical (unpaired) electrons. The highest BCUT2D eigenvalue weighted by Crippen LogP contribution is 2.38. The maximum atomic E-state index is 3.99. The molecule has 0 aromatic carbocycles. The quantitative estimate of drug-likeness (QED) is 0.311. The van der Waals surface area contributed by atoms with Gasteiger partial charge in [-0.1, -0.05) is 72.7 Å². The van der Waals surface area contributed by atoms with E-state index in [0.29, 0.717) is 0 Å². The van der Waals surface area contributed by atoms with Gasteiger partial charge in [-0.25, -0.2) is 0 Å². The van der Waals surface area contributed by atoms with Crippen LogP contribution < -0.4 is 0 Å². The average molecular weight is 228 g/mol. The topological polar surface area (TPSA) is 0 Å². The second-order valence-electron chi connectivity index (χ2n) is 4.34. The fraction of sp³-hybridized carbons (Fsp3) is 0.857. The Morgan fingerprint density at radius 2 is 1.27 bits per heavy atom. The minimum atomic E-state index is 0.172.